The Morgan fingerprint density at radius 1 is 1.29 bits per heavy atom. The topological polar surface area (TPSA) is 67.2 Å². The molecule has 1 aromatic heterocycles. The van der Waals surface area contributed by atoms with Crippen molar-refractivity contribution >= 4 is 11.8 Å². The molecule has 1 heterocycles. The Bertz CT molecular complexity index is 725. The highest BCUT2D eigenvalue weighted by Crippen LogP contribution is 2.06. The molecule has 0 aliphatic heterocycles. The molecule has 0 saturated carbocycles. The van der Waals surface area contributed by atoms with Gasteiger partial charge in [-0.2, -0.15) is 5.10 Å². The molecular formula is C17H21FN4O2. The molecule has 128 valence electrons. The number of likely N-dealkylation sites (N-methyl/N-ethyl adjacent to an activating group) is 1. The van der Waals surface area contributed by atoms with Gasteiger partial charge in [-0.05, 0) is 37.6 Å². The molecule has 2 amide bonds. The van der Waals surface area contributed by atoms with Crippen LogP contribution in [0.25, 0.3) is 0 Å². The fourth-order valence-electron chi connectivity index (χ4n) is 2.30. The summed E-state index contributed by atoms with van der Waals surface area (Å²) in [7, 11) is 1.64. The van der Waals surface area contributed by atoms with Crippen molar-refractivity contribution in [2.45, 2.75) is 26.9 Å². The van der Waals surface area contributed by atoms with Crippen LogP contribution >= 0.6 is 0 Å². The lowest BCUT2D eigenvalue weighted by Gasteiger charge is -2.17. The molecule has 0 fully saturated rings. The summed E-state index contributed by atoms with van der Waals surface area (Å²) in [5, 5.41) is 6.82. The molecule has 24 heavy (non-hydrogen) atoms. The predicted octanol–water partition coefficient (Wildman–Crippen LogP) is 1.74. The van der Waals surface area contributed by atoms with E-state index in [4.69, 9.17) is 0 Å². The lowest BCUT2D eigenvalue weighted by Crippen LogP contribution is -2.38. The van der Waals surface area contributed by atoms with Crippen LogP contribution in [0.4, 0.5) is 4.39 Å². The first-order chi connectivity index (χ1) is 11.4. The summed E-state index contributed by atoms with van der Waals surface area (Å²) in [6.45, 7) is 4.52. The summed E-state index contributed by atoms with van der Waals surface area (Å²) in [6, 6.07) is 7.64. The Morgan fingerprint density at radius 2 is 1.96 bits per heavy atom. The highest BCUT2D eigenvalue weighted by molar-refractivity contribution is 5.95. The number of rotatable bonds is 6. The zero-order valence-electron chi connectivity index (χ0n) is 14.0. The van der Waals surface area contributed by atoms with E-state index in [0.29, 0.717) is 18.8 Å². The molecule has 0 atom stereocenters. The van der Waals surface area contributed by atoms with Gasteiger partial charge in [0.2, 0.25) is 5.91 Å². The molecule has 0 spiro atoms. The summed E-state index contributed by atoms with van der Waals surface area (Å²) >= 11 is 0. The number of hydrogen-bond acceptors (Lipinski definition) is 3. The van der Waals surface area contributed by atoms with E-state index >= 15 is 0 Å². The monoisotopic (exact) mass is 332 g/mol. The zero-order valence-corrected chi connectivity index (χ0v) is 14.0. The van der Waals surface area contributed by atoms with Crippen molar-refractivity contribution in [3.8, 4) is 0 Å². The van der Waals surface area contributed by atoms with E-state index in [-0.39, 0.29) is 24.2 Å². The highest BCUT2D eigenvalue weighted by atomic mass is 19.1. The van der Waals surface area contributed by atoms with Crippen LogP contribution in [0.2, 0.25) is 0 Å². The van der Waals surface area contributed by atoms with E-state index < -0.39 is 0 Å². The summed E-state index contributed by atoms with van der Waals surface area (Å²) in [6.07, 6.45) is 0. The maximum absolute atomic E-state index is 12.9. The van der Waals surface area contributed by atoms with E-state index in [9.17, 15) is 14.0 Å². The summed E-state index contributed by atoms with van der Waals surface area (Å²) < 4.78 is 14.5. The molecule has 0 radical (unpaired) electrons. The number of aryl methyl sites for hydroxylation is 2. The maximum Gasteiger partial charge on any atom is 0.269 e. The molecule has 2 rings (SSSR count). The van der Waals surface area contributed by atoms with Crippen LogP contribution in [0, 0.1) is 12.7 Å². The molecule has 0 bridgehead atoms. The summed E-state index contributed by atoms with van der Waals surface area (Å²) in [5.74, 6) is -0.879. The minimum absolute atomic E-state index is 0.107. The summed E-state index contributed by atoms with van der Waals surface area (Å²) in [4.78, 5) is 25.8. The lowest BCUT2D eigenvalue weighted by molar-refractivity contribution is -0.129. The van der Waals surface area contributed by atoms with Gasteiger partial charge in [0.25, 0.3) is 5.91 Å². The van der Waals surface area contributed by atoms with Gasteiger partial charge in [-0.25, -0.2) is 4.39 Å². The van der Waals surface area contributed by atoms with Crippen molar-refractivity contribution in [3.05, 3.63) is 53.1 Å². The third-order valence-electron chi connectivity index (χ3n) is 3.59. The maximum atomic E-state index is 12.9. The average Bonchev–Trinajstić information content (AvgIpc) is 2.95. The van der Waals surface area contributed by atoms with Crippen LogP contribution in [0.5, 0.6) is 0 Å². The normalized spacial score (nSPS) is 10.5. The first kappa shape index (κ1) is 17.7. The van der Waals surface area contributed by atoms with E-state index in [2.05, 4.69) is 10.4 Å². The van der Waals surface area contributed by atoms with Crippen LogP contribution in [-0.4, -0.2) is 40.1 Å². The van der Waals surface area contributed by atoms with Crippen LogP contribution in [0.1, 0.15) is 28.7 Å². The number of carbonyl (C=O) groups excluding carboxylic acids is 2. The van der Waals surface area contributed by atoms with Gasteiger partial charge < -0.3 is 10.2 Å². The average molecular weight is 332 g/mol. The van der Waals surface area contributed by atoms with E-state index in [0.717, 1.165) is 11.3 Å². The van der Waals surface area contributed by atoms with E-state index in [1.54, 1.807) is 29.9 Å². The van der Waals surface area contributed by atoms with E-state index in [1.807, 2.05) is 13.8 Å². The smallest absolute Gasteiger partial charge is 0.269 e. The van der Waals surface area contributed by atoms with Crippen LogP contribution in [0.15, 0.2) is 30.3 Å². The number of carbonyl (C=O) groups is 2. The second kappa shape index (κ2) is 7.72. The van der Waals surface area contributed by atoms with Crippen LogP contribution in [0.3, 0.4) is 0 Å². The van der Waals surface area contributed by atoms with Crippen molar-refractivity contribution in [2.75, 3.05) is 13.6 Å². The molecule has 2 aromatic rings. The Balaban J connectivity index is 1.89. The second-order valence-corrected chi connectivity index (χ2v) is 5.55. The van der Waals surface area contributed by atoms with Gasteiger partial charge in [-0.15, -0.1) is 0 Å². The van der Waals surface area contributed by atoms with Crippen molar-refractivity contribution < 1.29 is 14.0 Å². The number of halogens is 1. The Labute approximate surface area is 140 Å². The number of nitrogens with one attached hydrogen (secondary N) is 1. The molecule has 6 nitrogen and oxygen atoms in total. The summed E-state index contributed by atoms with van der Waals surface area (Å²) in [5.41, 5.74) is 2.00. The number of hydrogen-bond donors (Lipinski definition) is 1. The quantitative estimate of drug-likeness (QED) is 0.876. The van der Waals surface area contributed by atoms with Gasteiger partial charge in [0, 0.05) is 20.1 Å². The van der Waals surface area contributed by atoms with Gasteiger partial charge in [-0.3, -0.25) is 14.3 Å². The molecular weight excluding hydrogens is 311 g/mol. The van der Waals surface area contributed by atoms with Crippen molar-refractivity contribution in [1.82, 2.24) is 20.0 Å². The van der Waals surface area contributed by atoms with Crippen LogP contribution < -0.4 is 5.32 Å². The molecule has 1 aromatic carbocycles. The molecule has 0 aliphatic carbocycles. The molecule has 1 N–H and O–H groups in total. The van der Waals surface area contributed by atoms with Gasteiger partial charge in [-0.1, -0.05) is 12.1 Å². The fourth-order valence-corrected chi connectivity index (χ4v) is 2.30. The number of aromatic nitrogens is 2. The van der Waals surface area contributed by atoms with Gasteiger partial charge >= 0.3 is 0 Å². The fraction of sp³-hybridized carbons (Fsp3) is 0.353. The largest absolute Gasteiger partial charge is 0.342 e. The third-order valence-corrected chi connectivity index (χ3v) is 3.59. The first-order valence-electron chi connectivity index (χ1n) is 7.71. The van der Waals surface area contributed by atoms with Gasteiger partial charge in [0.05, 0.1) is 12.2 Å². The minimum atomic E-state index is -0.332. The number of benzene rings is 1. The zero-order chi connectivity index (χ0) is 17.7. The first-order valence-corrected chi connectivity index (χ1v) is 7.71. The Morgan fingerprint density at radius 3 is 2.58 bits per heavy atom. The highest BCUT2D eigenvalue weighted by Gasteiger charge is 2.15. The molecule has 7 heteroatoms. The molecule has 0 aliphatic rings. The van der Waals surface area contributed by atoms with Crippen molar-refractivity contribution in [1.29, 1.82) is 0 Å². The second-order valence-electron chi connectivity index (χ2n) is 5.55. The van der Waals surface area contributed by atoms with Crippen molar-refractivity contribution in [2.24, 2.45) is 0 Å². The Kier molecular flexibility index (Phi) is 5.68. The SMILES string of the molecule is CCn1nc(C)cc1C(=O)NCC(=O)N(C)Cc1ccc(F)cc1. The molecule has 0 saturated heterocycles. The number of nitrogens with zero attached hydrogens (tertiary/aromatic N) is 3. The van der Waals surface area contributed by atoms with Gasteiger partial charge in [0.15, 0.2) is 0 Å². The van der Waals surface area contributed by atoms with Crippen LogP contribution in [-0.2, 0) is 17.9 Å². The minimum Gasteiger partial charge on any atom is -0.342 e. The Hall–Kier alpha value is -2.70. The standard InChI is InChI=1S/C17H21FN4O2/c1-4-22-15(9-12(2)20-22)17(24)19-10-16(23)21(3)11-13-5-7-14(18)8-6-13/h5-9H,4,10-11H2,1-3H3,(H,19,24). The van der Waals surface area contributed by atoms with E-state index in [1.165, 1.54) is 17.0 Å². The third kappa shape index (κ3) is 4.41. The molecule has 0 unspecified atom stereocenters. The lowest BCUT2D eigenvalue weighted by atomic mass is 10.2. The predicted molar refractivity (Wildman–Crippen MR) is 87.8 cm³/mol. The number of amides is 2. The van der Waals surface area contributed by atoms with Gasteiger partial charge in [0.1, 0.15) is 11.5 Å². The van der Waals surface area contributed by atoms with Crippen molar-refractivity contribution in [3.63, 3.8) is 0 Å².